The van der Waals surface area contributed by atoms with Crippen molar-refractivity contribution < 1.29 is 0 Å². The normalized spacial score (nSPS) is 9.08. The Labute approximate surface area is 86.9 Å². The van der Waals surface area contributed by atoms with E-state index in [0.717, 1.165) is 5.69 Å². The maximum Gasteiger partial charge on any atom is 0.0949 e. The molecule has 0 saturated heterocycles. The van der Waals surface area contributed by atoms with Crippen molar-refractivity contribution >= 4 is 34.9 Å². The van der Waals surface area contributed by atoms with Crippen LogP contribution in [0.2, 0.25) is 5.02 Å². The average Bonchev–Trinajstić information content (AvgIpc) is 2.15. The van der Waals surface area contributed by atoms with Gasteiger partial charge in [0.15, 0.2) is 0 Å². The van der Waals surface area contributed by atoms with Gasteiger partial charge in [0, 0.05) is 10.9 Å². The van der Waals surface area contributed by atoms with Crippen LogP contribution in [0.4, 0.5) is 5.69 Å². The summed E-state index contributed by atoms with van der Waals surface area (Å²) in [6.07, 6.45) is 0. The number of alkyl halides is 1. The summed E-state index contributed by atoms with van der Waals surface area (Å²) in [6.45, 7) is 0.540. The van der Waals surface area contributed by atoms with E-state index in [-0.39, 0.29) is 0 Å². The van der Waals surface area contributed by atoms with Gasteiger partial charge in [0.2, 0.25) is 0 Å². The highest BCUT2D eigenvalue weighted by Gasteiger charge is 1.86. The minimum absolute atomic E-state index is 0.489. The first kappa shape index (κ1) is 10.3. The van der Waals surface area contributed by atoms with Crippen LogP contribution in [0.5, 0.6) is 0 Å². The third kappa shape index (κ3) is 4.09. The Morgan fingerprint density at radius 2 is 1.92 bits per heavy atom. The van der Waals surface area contributed by atoms with E-state index in [4.69, 9.17) is 23.2 Å². The van der Waals surface area contributed by atoms with Crippen LogP contribution in [0.25, 0.3) is 0 Å². The van der Waals surface area contributed by atoms with E-state index in [1.54, 1.807) is 24.3 Å². The van der Waals surface area contributed by atoms with Crippen molar-refractivity contribution in [3.63, 3.8) is 0 Å². The van der Waals surface area contributed by atoms with Gasteiger partial charge in [-0.25, -0.2) is 4.99 Å². The second-order valence-electron chi connectivity index (χ2n) is 2.26. The minimum Gasteiger partial charge on any atom is -0.224 e. The second kappa shape index (κ2) is 5.76. The van der Waals surface area contributed by atoms with E-state index < -0.39 is 0 Å². The molecule has 13 heavy (non-hydrogen) atoms. The number of rotatable bonds is 3. The molecule has 0 aromatic heterocycles. The molecular weight excluding hydrogens is 207 g/mol. The van der Waals surface area contributed by atoms with Gasteiger partial charge in [0.1, 0.15) is 0 Å². The lowest BCUT2D eigenvalue weighted by molar-refractivity contribution is 1.15. The molecule has 0 aliphatic carbocycles. The zero-order chi connectivity index (χ0) is 9.52. The quantitative estimate of drug-likeness (QED) is 0.545. The molecule has 0 aliphatic rings. The smallest absolute Gasteiger partial charge is 0.0949 e. The van der Waals surface area contributed by atoms with E-state index in [2.05, 4.69) is 16.0 Å². The van der Waals surface area contributed by atoms with E-state index in [1.165, 1.54) is 0 Å². The van der Waals surface area contributed by atoms with E-state index in [1.807, 2.05) is 0 Å². The Balaban J connectivity index is 2.64. The van der Waals surface area contributed by atoms with E-state index in [9.17, 15) is 0 Å². The first-order valence-electron chi connectivity index (χ1n) is 3.76. The molecule has 0 atom stereocenters. The van der Waals surface area contributed by atoms with Crippen molar-refractivity contribution in [2.45, 2.75) is 0 Å². The van der Waals surface area contributed by atoms with Gasteiger partial charge in [-0.2, -0.15) is 4.99 Å². The second-order valence-corrected chi connectivity index (χ2v) is 3.07. The molecule has 0 aliphatic heterocycles. The topological polar surface area (TPSA) is 24.7 Å². The lowest BCUT2D eigenvalue weighted by atomic mass is 10.3. The van der Waals surface area contributed by atoms with Crippen LogP contribution in [0.3, 0.4) is 0 Å². The molecule has 0 heterocycles. The summed E-state index contributed by atoms with van der Waals surface area (Å²) in [7, 11) is 0. The number of halogens is 2. The van der Waals surface area contributed by atoms with Crippen molar-refractivity contribution in [3.8, 4) is 0 Å². The number of hydrogen-bond acceptors (Lipinski definition) is 2. The van der Waals surface area contributed by atoms with Crippen LogP contribution in [-0.2, 0) is 0 Å². The molecule has 1 aromatic rings. The average molecular weight is 215 g/mol. The third-order valence-electron chi connectivity index (χ3n) is 1.27. The Bertz CT molecular complexity index is 313. The number of aliphatic imine (C=N–C) groups is 2. The molecule has 0 spiro atoms. The van der Waals surface area contributed by atoms with Crippen LogP contribution in [0.1, 0.15) is 0 Å². The summed E-state index contributed by atoms with van der Waals surface area (Å²) in [6, 6.07) is 9.67. The van der Waals surface area contributed by atoms with E-state index >= 15 is 0 Å². The predicted octanol–water partition coefficient (Wildman–Crippen LogP) is 3.38. The van der Waals surface area contributed by atoms with Gasteiger partial charge < -0.3 is 0 Å². The van der Waals surface area contributed by atoms with Crippen molar-refractivity contribution in [2.75, 3.05) is 12.4 Å². The number of nitrogens with zero attached hydrogens (tertiary/aromatic N) is 2. The Hall–Kier alpha value is -0.820. The fraction of sp³-hybridized carbons (Fsp3) is 0.222. The lowest BCUT2D eigenvalue weighted by Gasteiger charge is -1.89. The van der Waals surface area contributed by atoms with Gasteiger partial charge in [-0.05, 0) is 24.3 Å². The molecule has 1 rings (SSSR count). The molecule has 4 heteroatoms. The van der Waals surface area contributed by atoms with Crippen LogP contribution in [0.15, 0.2) is 34.3 Å². The highest BCUT2D eigenvalue weighted by Crippen LogP contribution is 2.15. The van der Waals surface area contributed by atoms with Crippen LogP contribution in [-0.4, -0.2) is 18.4 Å². The summed E-state index contributed by atoms with van der Waals surface area (Å²) in [4.78, 5) is 7.78. The van der Waals surface area contributed by atoms with Gasteiger partial charge in [0.25, 0.3) is 0 Å². The van der Waals surface area contributed by atoms with Crippen LogP contribution < -0.4 is 0 Å². The Kier molecular flexibility index (Phi) is 4.55. The van der Waals surface area contributed by atoms with Crippen molar-refractivity contribution in [2.24, 2.45) is 9.98 Å². The Morgan fingerprint density at radius 1 is 1.23 bits per heavy atom. The van der Waals surface area contributed by atoms with E-state index in [0.29, 0.717) is 17.4 Å². The Morgan fingerprint density at radius 3 is 2.54 bits per heavy atom. The summed E-state index contributed by atoms with van der Waals surface area (Å²) < 4.78 is 0. The highest BCUT2D eigenvalue weighted by molar-refractivity contribution is 6.30. The SMILES string of the molecule is ClCCN=C=Nc1ccc(Cl)cc1. The standard InChI is InChI=1S/C9H8Cl2N2/c10-5-6-12-7-13-9-3-1-8(11)2-4-9/h1-4H,5-6H2. The third-order valence-corrected chi connectivity index (χ3v) is 1.69. The first-order valence-corrected chi connectivity index (χ1v) is 4.68. The molecule has 0 unspecified atom stereocenters. The maximum absolute atomic E-state index is 5.69. The predicted molar refractivity (Wildman–Crippen MR) is 56.6 cm³/mol. The maximum atomic E-state index is 5.69. The largest absolute Gasteiger partial charge is 0.224 e. The number of benzene rings is 1. The highest BCUT2D eigenvalue weighted by atomic mass is 35.5. The molecule has 0 N–H and O–H groups in total. The molecular formula is C9H8Cl2N2. The molecule has 0 radical (unpaired) electrons. The monoisotopic (exact) mass is 214 g/mol. The van der Waals surface area contributed by atoms with Gasteiger partial charge in [-0.1, -0.05) is 11.6 Å². The van der Waals surface area contributed by atoms with Gasteiger partial charge >= 0.3 is 0 Å². The summed E-state index contributed by atoms with van der Waals surface area (Å²) in [5.41, 5.74) is 0.780. The van der Waals surface area contributed by atoms with Gasteiger partial charge in [0.05, 0.1) is 18.2 Å². The summed E-state index contributed by atoms with van der Waals surface area (Å²) in [5, 5.41) is 0.691. The van der Waals surface area contributed by atoms with Gasteiger partial charge in [-0.3, -0.25) is 0 Å². The van der Waals surface area contributed by atoms with Crippen molar-refractivity contribution in [3.05, 3.63) is 29.3 Å². The molecule has 2 nitrogen and oxygen atoms in total. The molecule has 0 saturated carbocycles. The van der Waals surface area contributed by atoms with Gasteiger partial charge in [-0.15, -0.1) is 11.6 Å². The van der Waals surface area contributed by atoms with Crippen LogP contribution in [0, 0.1) is 0 Å². The van der Waals surface area contributed by atoms with Crippen molar-refractivity contribution in [1.29, 1.82) is 0 Å². The summed E-state index contributed by atoms with van der Waals surface area (Å²) in [5.74, 6) is 0.489. The molecule has 68 valence electrons. The summed E-state index contributed by atoms with van der Waals surface area (Å²) >= 11 is 11.1. The molecule has 0 bridgehead atoms. The lowest BCUT2D eigenvalue weighted by Crippen LogP contribution is -1.76. The fourth-order valence-electron chi connectivity index (χ4n) is 0.701. The zero-order valence-electron chi connectivity index (χ0n) is 6.87. The van der Waals surface area contributed by atoms with Crippen molar-refractivity contribution in [1.82, 2.24) is 0 Å². The first-order chi connectivity index (χ1) is 6.33. The van der Waals surface area contributed by atoms with Crippen LogP contribution >= 0.6 is 23.2 Å². The minimum atomic E-state index is 0.489. The fourth-order valence-corrected chi connectivity index (χ4v) is 0.911. The molecule has 1 aromatic carbocycles. The molecule has 0 amide bonds. The zero-order valence-corrected chi connectivity index (χ0v) is 8.39. The number of hydrogen-bond donors (Lipinski definition) is 0. The molecule has 0 fully saturated rings.